The number of unbranched alkanes of at least 4 members (excludes halogenated alkanes) is 2. The molecule has 0 unspecified atom stereocenters. The minimum absolute atomic E-state index is 0.0716. The van der Waals surface area contributed by atoms with Gasteiger partial charge >= 0.3 is 0 Å². The van der Waals surface area contributed by atoms with Crippen LogP contribution >= 0.6 is 0 Å². The van der Waals surface area contributed by atoms with Crippen LogP contribution < -0.4 is 4.74 Å². The van der Waals surface area contributed by atoms with E-state index in [2.05, 4.69) is 19.9 Å². The van der Waals surface area contributed by atoms with E-state index in [4.69, 9.17) is 4.74 Å². The van der Waals surface area contributed by atoms with Gasteiger partial charge in [0.05, 0.1) is 13.7 Å². The molecule has 0 radical (unpaired) electrons. The Labute approximate surface area is 111 Å². The number of hydrogen-bond acceptors (Lipinski definition) is 2. The molecule has 1 N–H and O–H groups in total. The van der Waals surface area contributed by atoms with Gasteiger partial charge in [0, 0.05) is 5.56 Å². The van der Waals surface area contributed by atoms with Gasteiger partial charge in [-0.25, -0.2) is 0 Å². The van der Waals surface area contributed by atoms with Gasteiger partial charge in [-0.05, 0) is 42.9 Å². The van der Waals surface area contributed by atoms with Crippen LogP contribution in [0.1, 0.15) is 56.2 Å². The van der Waals surface area contributed by atoms with Crippen LogP contribution in [0.25, 0.3) is 0 Å². The van der Waals surface area contributed by atoms with Crippen molar-refractivity contribution in [2.45, 2.75) is 59.0 Å². The predicted molar refractivity (Wildman–Crippen MR) is 76.1 cm³/mol. The summed E-state index contributed by atoms with van der Waals surface area (Å²) in [4.78, 5) is 0. The zero-order valence-electron chi connectivity index (χ0n) is 12.0. The first-order chi connectivity index (χ1) is 8.78. The van der Waals surface area contributed by atoms with Gasteiger partial charge in [-0.2, -0.15) is 0 Å². The Balaban J connectivity index is 3.07. The van der Waals surface area contributed by atoms with Crippen LogP contribution in [0.2, 0.25) is 0 Å². The Morgan fingerprint density at radius 3 is 2.22 bits per heavy atom. The molecule has 0 saturated carbocycles. The average molecular weight is 250 g/mol. The Bertz CT molecular complexity index is 358. The molecule has 0 bridgehead atoms. The molecule has 0 aliphatic heterocycles. The third-order valence-electron chi connectivity index (χ3n) is 3.44. The summed E-state index contributed by atoms with van der Waals surface area (Å²) in [6, 6.07) is 4.16. The lowest BCUT2D eigenvalue weighted by molar-refractivity contribution is 0.272. The van der Waals surface area contributed by atoms with Crippen LogP contribution in [0.4, 0.5) is 0 Å². The Morgan fingerprint density at radius 2 is 1.67 bits per heavy atom. The number of rotatable bonds is 8. The van der Waals surface area contributed by atoms with Gasteiger partial charge in [-0.15, -0.1) is 0 Å². The van der Waals surface area contributed by atoms with E-state index in [1.165, 1.54) is 36.8 Å². The number of aliphatic hydroxyl groups is 1. The lowest BCUT2D eigenvalue weighted by Crippen LogP contribution is -2.04. The highest BCUT2D eigenvalue weighted by Crippen LogP contribution is 2.28. The molecule has 0 aliphatic rings. The molecule has 0 heterocycles. The van der Waals surface area contributed by atoms with Crippen molar-refractivity contribution < 1.29 is 9.84 Å². The van der Waals surface area contributed by atoms with Crippen LogP contribution in [0.3, 0.4) is 0 Å². The largest absolute Gasteiger partial charge is 0.496 e. The molecule has 18 heavy (non-hydrogen) atoms. The molecule has 102 valence electrons. The molecule has 0 saturated heterocycles. The SMILES string of the molecule is CCCCc1ccc(OC)c(CO)c1CCCC. The van der Waals surface area contributed by atoms with E-state index >= 15 is 0 Å². The average Bonchev–Trinajstić information content (AvgIpc) is 2.42. The number of ether oxygens (including phenoxy) is 1. The maximum atomic E-state index is 9.60. The van der Waals surface area contributed by atoms with E-state index in [1.807, 2.05) is 6.07 Å². The summed E-state index contributed by atoms with van der Waals surface area (Å²) >= 11 is 0. The van der Waals surface area contributed by atoms with Crippen molar-refractivity contribution in [1.82, 2.24) is 0 Å². The van der Waals surface area contributed by atoms with Crippen LogP contribution in [0.5, 0.6) is 5.75 Å². The quantitative estimate of drug-likeness (QED) is 0.759. The maximum absolute atomic E-state index is 9.60. The molecule has 0 aromatic heterocycles. The summed E-state index contributed by atoms with van der Waals surface area (Å²) in [6.45, 7) is 4.48. The molecule has 1 rings (SSSR count). The van der Waals surface area contributed by atoms with Crippen LogP contribution in [-0.4, -0.2) is 12.2 Å². The standard InChI is InChI=1S/C16H26O2/c1-4-6-8-13-10-11-16(18-3)15(12-17)14(13)9-7-5-2/h10-11,17H,4-9,12H2,1-3H3. The Kier molecular flexibility index (Phi) is 6.81. The Hall–Kier alpha value is -1.02. The molecule has 2 nitrogen and oxygen atoms in total. The molecule has 0 fully saturated rings. The normalized spacial score (nSPS) is 10.7. The zero-order valence-corrected chi connectivity index (χ0v) is 12.0. The van der Waals surface area contributed by atoms with E-state index < -0.39 is 0 Å². The van der Waals surface area contributed by atoms with Crippen molar-refractivity contribution in [1.29, 1.82) is 0 Å². The first kappa shape index (κ1) is 15.0. The monoisotopic (exact) mass is 250 g/mol. The molecular weight excluding hydrogens is 224 g/mol. The second-order valence-electron chi connectivity index (χ2n) is 4.75. The number of aliphatic hydroxyl groups excluding tert-OH is 1. The van der Waals surface area contributed by atoms with Crippen molar-refractivity contribution in [3.63, 3.8) is 0 Å². The van der Waals surface area contributed by atoms with E-state index in [9.17, 15) is 5.11 Å². The fourth-order valence-corrected chi connectivity index (χ4v) is 2.35. The minimum Gasteiger partial charge on any atom is -0.496 e. The predicted octanol–water partition coefficient (Wildman–Crippen LogP) is 3.87. The summed E-state index contributed by atoms with van der Waals surface area (Å²) in [7, 11) is 1.67. The minimum atomic E-state index is 0.0716. The molecule has 0 aliphatic carbocycles. The summed E-state index contributed by atoms with van der Waals surface area (Å²) in [5, 5.41) is 9.60. The summed E-state index contributed by atoms with van der Waals surface area (Å²) in [5.74, 6) is 0.823. The van der Waals surface area contributed by atoms with Gasteiger partial charge < -0.3 is 9.84 Å². The van der Waals surface area contributed by atoms with E-state index in [-0.39, 0.29) is 6.61 Å². The lowest BCUT2D eigenvalue weighted by atomic mass is 9.93. The maximum Gasteiger partial charge on any atom is 0.124 e. The number of methoxy groups -OCH3 is 1. The number of aryl methyl sites for hydroxylation is 1. The van der Waals surface area contributed by atoms with E-state index in [0.717, 1.165) is 24.2 Å². The van der Waals surface area contributed by atoms with Gasteiger partial charge in [0.25, 0.3) is 0 Å². The zero-order chi connectivity index (χ0) is 13.4. The van der Waals surface area contributed by atoms with E-state index in [1.54, 1.807) is 7.11 Å². The third-order valence-corrected chi connectivity index (χ3v) is 3.44. The number of benzene rings is 1. The van der Waals surface area contributed by atoms with Crippen LogP contribution in [-0.2, 0) is 19.4 Å². The van der Waals surface area contributed by atoms with Crippen molar-refractivity contribution in [3.8, 4) is 5.75 Å². The van der Waals surface area contributed by atoms with Gasteiger partial charge in [0.2, 0.25) is 0 Å². The second-order valence-corrected chi connectivity index (χ2v) is 4.75. The van der Waals surface area contributed by atoms with Crippen molar-refractivity contribution in [2.24, 2.45) is 0 Å². The van der Waals surface area contributed by atoms with Crippen molar-refractivity contribution in [3.05, 3.63) is 28.8 Å². The molecule has 1 aromatic rings. The van der Waals surface area contributed by atoms with Gasteiger partial charge in [0.15, 0.2) is 0 Å². The lowest BCUT2D eigenvalue weighted by Gasteiger charge is -2.16. The van der Waals surface area contributed by atoms with Crippen molar-refractivity contribution >= 4 is 0 Å². The highest BCUT2D eigenvalue weighted by Gasteiger charge is 2.12. The molecule has 0 spiro atoms. The summed E-state index contributed by atoms with van der Waals surface area (Å²) < 4.78 is 5.36. The summed E-state index contributed by atoms with van der Waals surface area (Å²) in [6.07, 6.45) is 6.90. The topological polar surface area (TPSA) is 29.5 Å². The first-order valence-corrected chi connectivity index (χ1v) is 7.06. The van der Waals surface area contributed by atoms with Gasteiger partial charge in [-0.1, -0.05) is 32.8 Å². The van der Waals surface area contributed by atoms with E-state index in [0.29, 0.717) is 0 Å². The highest BCUT2D eigenvalue weighted by atomic mass is 16.5. The fraction of sp³-hybridized carbons (Fsp3) is 0.625. The first-order valence-electron chi connectivity index (χ1n) is 7.06. The van der Waals surface area contributed by atoms with Crippen LogP contribution in [0.15, 0.2) is 12.1 Å². The summed E-state index contributed by atoms with van der Waals surface area (Å²) in [5.41, 5.74) is 3.68. The third kappa shape index (κ3) is 3.74. The molecule has 1 aromatic carbocycles. The highest BCUT2D eigenvalue weighted by molar-refractivity contribution is 5.45. The molecule has 0 amide bonds. The Morgan fingerprint density at radius 1 is 1.00 bits per heavy atom. The molecule has 2 heteroatoms. The fourth-order valence-electron chi connectivity index (χ4n) is 2.35. The van der Waals surface area contributed by atoms with Crippen molar-refractivity contribution in [2.75, 3.05) is 7.11 Å². The van der Waals surface area contributed by atoms with Crippen LogP contribution in [0, 0.1) is 0 Å². The number of hydrogen-bond donors (Lipinski definition) is 1. The molecule has 0 atom stereocenters. The van der Waals surface area contributed by atoms with Gasteiger partial charge in [0.1, 0.15) is 5.75 Å². The van der Waals surface area contributed by atoms with Gasteiger partial charge in [-0.3, -0.25) is 0 Å². The second kappa shape index (κ2) is 8.15. The smallest absolute Gasteiger partial charge is 0.124 e. The molecular formula is C16H26O2.